The van der Waals surface area contributed by atoms with Gasteiger partial charge in [-0.25, -0.2) is 8.42 Å². The van der Waals surface area contributed by atoms with Crippen molar-refractivity contribution in [3.63, 3.8) is 0 Å². The van der Waals surface area contributed by atoms with Crippen LogP contribution >= 0.6 is 0 Å². The molecule has 3 aromatic rings. The lowest BCUT2D eigenvalue weighted by atomic mass is 10.2. The normalized spacial score (nSPS) is 16.0. The molecule has 8 nitrogen and oxygen atoms in total. The van der Waals surface area contributed by atoms with E-state index >= 15 is 0 Å². The molecule has 12 heteroatoms. The first-order chi connectivity index (χ1) is 16.2. The summed E-state index contributed by atoms with van der Waals surface area (Å²) < 4.78 is 76.8. The van der Waals surface area contributed by atoms with E-state index in [1.807, 2.05) is 36.1 Å². The molecule has 0 N–H and O–H groups in total. The van der Waals surface area contributed by atoms with Gasteiger partial charge in [0.25, 0.3) is 0 Å². The lowest BCUT2D eigenvalue weighted by Gasteiger charge is -2.33. The number of ether oxygens (including phenoxy) is 1. The molecule has 0 aliphatic carbocycles. The number of alkyl halides is 3. The fourth-order valence-corrected chi connectivity index (χ4v) is 5.13. The molecule has 4 rings (SSSR count). The number of para-hydroxylation sites is 1. The number of hydrogen-bond acceptors (Lipinski definition) is 7. The quantitative estimate of drug-likeness (QED) is 0.493. The Hall–Kier alpha value is -2.96. The van der Waals surface area contributed by atoms with Crippen LogP contribution in [-0.4, -0.2) is 60.5 Å². The molecule has 0 unspecified atom stereocenters. The Balaban J connectivity index is 1.40. The molecule has 0 saturated carbocycles. The standard InChI is InChI=1S/C22H23F3N4O4S/c1-2-32-19-9-4-3-8-18(19)21-26-20(33-27-21)15-28-10-12-29(13-11-28)34(30,31)17-7-5-6-16(14-17)22(23,24)25/h3-9,14H,2,10-13,15H2,1H3. The molecule has 2 aromatic carbocycles. The third-order valence-electron chi connectivity index (χ3n) is 5.39. The molecule has 1 fully saturated rings. The second kappa shape index (κ2) is 9.72. The summed E-state index contributed by atoms with van der Waals surface area (Å²) in [4.78, 5) is 6.01. The highest BCUT2D eigenvalue weighted by Gasteiger charge is 2.34. The van der Waals surface area contributed by atoms with Gasteiger partial charge in [-0.3, -0.25) is 4.90 Å². The Kier molecular flexibility index (Phi) is 6.91. The van der Waals surface area contributed by atoms with Crippen LogP contribution in [0.15, 0.2) is 57.9 Å². The molecule has 0 spiro atoms. The molecular weight excluding hydrogens is 473 g/mol. The molecular formula is C22H23F3N4O4S. The van der Waals surface area contributed by atoms with Crippen molar-refractivity contribution in [2.75, 3.05) is 32.8 Å². The maximum absolute atomic E-state index is 13.0. The van der Waals surface area contributed by atoms with E-state index in [0.29, 0.717) is 55.3 Å². The number of benzene rings is 2. The smallest absolute Gasteiger partial charge is 0.416 e. The SMILES string of the molecule is CCOc1ccccc1-c1noc(CN2CCN(S(=O)(=O)c3cccc(C(F)(F)F)c3)CC2)n1. The molecule has 2 heterocycles. The van der Waals surface area contributed by atoms with Gasteiger partial charge in [0.1, 0.15) is 5.75 Å². The molecule has 0 amide bonds. The topological polar surface area (TPSA) is 88.8 Å². The third kappa shape index (κ3) is 5.24. The first-order valence-electron chi connectivity index (χ1n) is 10.6. The van der Waals surface area contributed by atoms with Crippen molar-refractivity contribution < 1.29 is 30.8 Å². The first kappa shape index (κ1) is 24.2. The van der Waals surface area contributed by atoms with Gasteiger partial charge in [0.2, 0.25) is 21.7 Å². The number of nitrogens with zero attached hydrogens (tertiary/aromatic N) is 4. The van der Waals surface area contributed by atoms with Crippen molar-refractivity contribution >= 4 is 10.0 Å². The Labute approximate surface area is 195 Å². The zero-order chi connectivity index (χ0) is 24.3. The van der Waals surface area contributed by atoms with Crippen LogP contribution in [0.25, 0.3) is 11.4 Å². The van der Waals surface area contributed by atoms with Crippen LogP contribution in [0.5, 0.6) is 5.75 Å². The highest BCUT2D eigenvalue weighted by atomic mass is 32.2. The Morgan fingerprint density at radius 3 is 2.50 bits per heavy atom. The molecule has 0 radical (unpaired) electrons. The fourth-order valence-electron chi connectivity index (χ4n) is 3.66. The van der Waals surface area contributed by atoms with Gasteiger partial charge in [-0.05, 0) is 37.3 Å². The van der Waals surface area contributed by atoms with Gasteiger partial charge in [0, 0.05) is 26.2 Å². The van der Waals surface area contributed by atoms with Crippen LogP contribution in [0.3, 0.4) is 0 Å². The molecule has 0 atom stereocenters. The van der Waals surface area contributed by atoms with Crippen molar-refractivity contribution in [3.05, 3.63) is 60.0 Å². The van der Waals surface area contributed by atoms with Crippen LogP contribution in [0, 0.1) is 0 Å². The van der Waals surface area contributed by atoms with Gasteiger partial charge in [-0.2, -0.15) is 22.5 Å². The van der Waals surface area contributed by atoms with Crippen molar-refractivity contribution in [1.29, 1.82) is 0 Å². The second-order valence-corrected chi connectivity index (χ2v) is 9.58. The number of piperazine rings is 1. The van der Waals surface area contributed by atoms with Gasteiger partial charge < -0.3 is 9.26 Å². The van der Waals surface area contributed by atoms with Crippen LogP contribution in [0.2, 0.25) is 0 Å². The monoisotopic (exact) mass is 496 g/mol. The summed E-state index contributed by atoms with van der Waals surface area (Å²) in [6.07, 6.45) is -4.61. The van der Waals surface area contributed by atoms with E-state index in [1.165, 1.54) is 10.4 Å². The summed E-state index contributed by atoms with van der Waals surface area (Å²) in [5, 5.41) is 4.03. The van der Waals surface area contributed by atoms with E-state index in [-0.39, 0.29) is 18.0 Å². The van der Waals surface area contributed by atoms with E-state index in [2.05, 4.69) is 10.1 Å². The Bertz CT molecular complexity index is 1240. The van der Waals surface area contributed by atoms with Crippen LogP contribution < -0.4 is 4.74 Å². The Morgan fingerprint density at radius 1 is 1.06 bits per heavy atom. The maximum atomic E-state index is 13.0. The largest absolute Gasteiger partial charge is 0.493 e. The number of sulfonamides is 1. The van der Waals surface area contributed by atoms with Crippen molar-refractivity contribution in [2.45, 2.75) is 24.5 Å². The number of halogens is 3. The second-order valence-electron chi connectivity index (χ2n) is 7.65. The molecule has 182 valence electrons. The molecule has 1 aliphatic heterocycles. The number of aromatic nitrogens is 2. The lowest BCUT2D eigenvalue weighted by Crippen LogP contribution is -2.48. The first-order valence-corrected chi connectivity index (χ1v) is 12.1. The predicted molar refractivity (Wildman–Crippen MR) is 116 cm³/mol. The number of hydrogen-bond donors (Lipinski definition) is 0. The van der Waals surface area contributed by atoms with Crippen molar-refractivity contribution in [1.82, 2.24) is 19.3 Å². The minimum absolute atomic E-state index is 0.132. The summed E-state index contributed by atoms with van der Waals surface area (Å²) >= 11 is 0. The number of rotatable bonds is 7. The van der Waals surface area contributed by atoms with Gasteiger partial charge >= 0.3 is 6.18 Å². The summed E-state index contributed by atoms with van der Waals surface area (Å²) in [7, 11) is -4.04. The lowest BCUT2D eigenvalue weighted by molar-refractivity contribution is -0.137. The minimum Gasteiger partial charge on any atom is -0.493 e. The van der Waals surface area contributed by atoms with Gasteiger partial charge in [0.05, 0.1) is 29.2 Å². The maximum Gasteiger partial charge on any atom is 0.416 e. The van der Waals surface area contributed by atoms with Crippen molar-refractivity contribution in [3.8, 4) is 17.1 Å². The van der Waals surface area contributed by atoms with Gasteiger partial charge in [-0.15, -0.1) is 0 Å². The summed E-state index contributed by atoms with van der Waals surface area (Å²) in [6.45, 7) is 3.69. The van der Waals surface area contributed by atoms with E-state index in [0.717, 1.165) is 12.1 Å². The zero-order valence-electron chi connectivity index (χ0n) is 18.3. The minimum atomic E-state index is -4.61. The highest BCUT2D eigenvalue weighted by Crippen LogP contribution is 2.31. The van der Waals surface area contributed by atoms with E-state index in [1.54, 1.807) is 0 Å². The molecule has 1 aromatic heterocycles. The average Bonchev–Trinajstić information content (AvgIpc) is 3.28. The van der Waals surface area contributed by atoms with E-state index < -0.39 is 21.8 Å². The van der Waals surface area contributed by atoms with Gasteiger partial charge in [-0.1, -0.05) is 23.4 Å². The van der Waals surface area contributed by atoms with E-state index in [9.17, 15) is 21.6 Å². The zero-order valence-corrected chi connectivity index (χ0v) is 19.1. The molecule has 1 aliphatic rings. The van der Waals surface area contributed by atoms with Crippen molar-refractivity contribution in [2.24, 2.45) is 0 Å². The van der Waals surface area contributed by atoms with Gasteiger partial charge in [0.15, 0.2) is 0 Å². The van der Waals surface area contributed by atoms with Crippen LogP contribution in [-0.2, 0) is 22.7 Å². The summed E-state index contributed by atoms with van der Waals surface area (Å²) in [5.74, 6) is 1.41. The third-order valence-corrected chi connectivity index (χ3v) is 7.28. The molecule has 0 bridgehead atoms. The predicted octanol–water partition coefficient (Wildman–Crippen LogP) is 3.66. The summed E-state index contributed by atoms with van der Waals surface area (Å²) in [5.41, 5.74) is -0.290. The fraction of sp³-hybridized carbons (Fsp3) is 0.364. The Morgan fingerprint density at radius 2 is 1.79 bits per heavy atom. The van der Waals surface area contributed by atoms with Crippen LogP contribution in [0.1, 0.15) is 18.4 Å². The van der Waals surface area contributed by atoms with Crippen LogP contribution in [0.4, 0.5) is 13.2 Å². The summed E-state index contributed by atoms with van der Waals surface area (Å²) in [6, 6.07) is 11.1. The van der Waals surface area contributed by atoms with E-state index in [4.69, 9.17) is 9.26 Å². The average molecular weight is 497 g/mol. The molecule has 34 heavy (non-hydrogen) atoms. The molecule has 1 saturated heterocycles. The highest BCUT2D eigenvalue weighted by molar-refractivity contribution is 7.89.